The van der Waals surface area contributed by atoms with Gasteiger partial charge in [0.05, 0.1) is 5.75 Å². The second-order valence-corrected chi connectivity index (χ2v) is 6.96. The fourth-order valence-electron chi connectivity index (χ4n) is 2.34. The molecule has 3 aromatic rings. The molecular weight excluding hydrogens is 356 g/mol. The highest BCUT2D eigenvalue weighted by Crippen LogP contribution is 2.24. The Balaban J connectivity index is 1.64. The van der Waals surface area contributed by atoms with E-state index in [2.05, 4.69) is 15.5 Å². The Morgan fingerprint density at radius 1 is 1.20 bits per heavy atom. The molecule has 0 fully saturated rings. The first-order valence-corrected chi connectivity index (χ1v) is 9.04. The molecule has 0 saturated carbocycles. The maximum atomic E-state index is 12.1. The fourth-order valence-corrected chi connectivity index (χ4v) is 3.18. The molecule has 1 N–H and O–H groups in total. The third-order valence-corrected chi connectivity index (χ3v) is 4.84. The van der Waals surface area contributed by atoms with Crippen molar-refractivity contribution in [2.24, 2.45) is 7.05 Å². The average molecular weight is 373 g/mol. The number of aryl methyl sites for hydroxylation is 1. The molecule has 25 heavy (non-hydrogen) atoms. The van der Waals surface area contributed by atoms with E-state index in [9.17, 15) is 4.79 Å². The number of benzene rings is 2. The fraction of sp³-hybridized carbons (Fsp3) is 0.167. The molecule has 128 valence electrons. The minimum absolute atomic E-state index is 0.0772. The molecular formula is C18H17ClN4OS. The number of hydrogen-bond donors (Lipinski definition) is 1. The molecule has 3 rings (SSSR count). The molecule has 5 nitrogen and oxygen atoms in total. The normalized spacial score (nSPS) is 10.7. The summed E-state index contributed by atoms with van der Waals surface area (Å²) in [6.45, 7) is 1.99. The van der Waals surface area contributed by atoms with Crippen molar-refractivity contribution in [3.8, 4) is 11.4 Å². The van der Waals surface area contributed by atoms with Crippen LogP contribution in [0.4, 0.5) is 5.69 Å². The second-order valence-electron chi connectivity index (χ2n) is 5.58. The van der Waals surface area contributed by atoms with Crippen LogP contribution >= 0.6 is 23.4 Å². The quantitative estimate of drug-likeness (QED) is 0.683. The monoisotopic (exact) mass is 372 g/mol. The van der Waals surface area contributed by atoms with Gasteiger partial charge < -0.3 is 9.88 Å². The van der Waals surface area contributed by atoms with Gasteiger partial charge in [-0.2, -0.15) is 0 Å². The van der Waals surface area contributed by atoms with Crippen LogP contribution in [-0.4, -0.2) is 26.4 Å². The number of anilines is 1. The maximum Gasteiger partial charge on any atom is 0.234 e. The predicted octanol–water partition coefficient (Wildman–Crippen LogP) is 4.17. The Hall–Kier alpha value is -2.31. The van der Waals surface area contributed by atoms with Crippen LogP contribution in [0.3, 0.4) is 0 Å². The maximum absolute atomic E-state index is 12.1. The lowest BCUT2D eigenvalue weighted by atomic mass is 10.2. The number of carbonyl (C=O) groups excluding carboxylic acids is 1. The van der Waals surface area contributed by atoms with Crippen LogP contribution in [0.15, 0.2) is 53.7 Å². The molecule has 1 heterocycles. The summed E-state index contributed by atoms with van der Waals surface area (Å²) >= 11 is 7.26. The Labute approximate surface area is 155 Å². The number of nitrogens with one attached hydrogen (secondary N) is 1. The number of hydrogen-bond acceptors (Lipinski definition) is 4. The lowest BCUT2D eigenvalue weighted by Crippen LogP contribution is -2.14. The number of aromatic nitrogens is 3. The van der Waals surface area contributed by atoms with Crippen LogP contribution in [0, 0.1) is 6.92 Å². The molecule has 2 aromatic carbocycles. The first-order chi connectivity index (χ1) is 12.0. The van der Waals surface area contributed by atoms with E-state index < -0.39 is 0 Å². The number of thioether (sulfide) groups is 1. The number of nitrogens with zero attached hydrogens (tertiary/aromatic N) is 3. The Bertz CT molecular complexity index is 892. The van der Waals surface area contributed by atoms with Gasteiger partial charge in [0.2, 0.25) is 5.91 Å². The van der Waals surface area contributed by atoms with Gasteiger partial charge in [0.25, 0.3) is 0 Å². The van der Waals surface area contributed by atoms with Crippen molar-refractivity contribution < 1.29 is 4.79 Å². The van der Waals surface area contributed by atoms with Crippen molar-refractivity contribution in [2.75, 3.05) is 11.1 Å². The van der Waals surface area contributed by atoms with Crippen molar-refractivity contribution >= 4 is 35.0 Å². The van der Waals surface area contributed by atoms with E-state index in [1.54, 1.807) is 0 Å². The van der Waals surface area contributed by atoms with Crippen molar-refractivity contribution in [1.82, 2.24) is 14.8 Å². The first kappa shape index (κ1) is 17.5. The van der Waals surface area contributed by atoms with E-state index in [0.29, 0.717) is 10.2 Å². The van der Waals surface area contributed by atoms with Gasteiger partial charge in [0.1, 0.15) is 0 Å². The number of amides is 1. The number of halogens is 1. The van der Waals surface area contributed by atoms with E-state index >= 15 is 0 Å². The van der Waals surface area contributed by atoms with E-state index in [0.717, 1.165) is 22.6 Å². The molecule has 0 aliphatic carbocycles. The first-order valence-electron chi connectivity index (χ1n) is 7.67. The molecule has 0 aliphatic rings. The van der Waals surface area contributed by atoms with Gasteiger partial charge in [-0.25, -0.2) is 0 Å². The smallest absolute Gasteiger partial charge is 0.234 e. The van der Waals surface area contributed by atoms with E-state index in [1.165, 1.54) is 11.8 Å². The molecule has 0 spiro atoms. The van der Waals surface area contributed by atoms with Gasteiger partial charge >= 0.3 is 0 Å². The minimum atomic E-state index is -0.0772. The molecule has 7 heteroatoms. The Morgan fingerprint density at radius 3 is 2.68 bits per heavy atom. The molecule has 1 amide bonds. The van der Waals surface area contributed by atoms with E-state index in [4.69, 9.17) is 11.6 Å². The van der Waals surface area contributed by atoms with Gasteiger partial charge in [-0.05, 0) is 48.9 Å². The zero-order valence-corrected chi connectivity index (χ0v) is 15.4. The molecule has 0 unspecified atom stereocenters. The molecule has 0 aliphatic heterocycles. The molecule has 0 bridgehead atoms. The van der Waals surface area contributed by atoms with Crippen LogP contribution in [0.1, 0.15) is 5.56 Å². The van der Waals surface area contributed by atoms with Crippen LogP contribution in [0.5, 0.6) is 0 Å². The van der Waals surface area contributed by atoms with Gasteiger partial charge in [0, 0.05) is 23.3 Å². The second kappa shape index (κ2) is 7.72. The Morgan fingerprint density at radius 2 is 1.96 bits per heavy atom. The van der Waals surface area contributed by atoms with Crippen molar-refractivity contribution in [2.45, 2.75) is 12.1 Å². The summed E-state index contributed by atoms with van der Waals surface area (Å²) < 4.78 is 1.87. The predicted molar refractivity (Wildman–Crippen MR) is 102 cm³/mol. The third-order valence-electron chi connectivity index (χ3n) is 3.57. The molecule has 1 aromatic heterocycles. The standard InChI is InChI=1S/C18H17ClN4OS/c1-12-4-3-5-15(10-12)20-16(24)11-25-18-22-21-17(23(18)2)13-6-8-14(19)9-7-13/h3-10H,11H2,1-2H3,(H,20,24). The van der Waals surface area contributed by atoms with Crippen molar-refractivity contribution in [3.05, 3.63) is 59.1 Å². The SMILES string of the molecule is Cc1cccc(NC(=O)CSc2nnc(-c3ccc(Cl)cc3)n2C)c1. The summed E-state index contributed by atoms with van der Waals surface area (Å²) in [5.41, 5.74) is 2.83. The van der Waals surface area contributed by atoms with Crippen LogP contribution in [-0.2, 0) is 11.8 Å². The Kier molecular flexibility index (Phi) is 5.40. The number of rotatable bonds is 5. The summed E-state index contributed by atoms with van der Waals surface area (Å²) in [6.07, 6.45) is 0. The largest absolute Gasteiger partial charge is 0.325 e. The summed E-state index contributed by atoms with van der Waals surface area (Å²) in [6, 6.07) is 15.1. The molecule has 0 saturated heterocycles. The highest BCUT2D eigenvalue weighted by atomic mass is 35.5. The lowest BCUT2D eigenvalue weighted by molar-refractivity contribution is -0.113. The highest BCUT2D eigenvalue weighted by molar-refractivity contribution is 7.99. The van der Waals surface area contributed by atoms with Crippen molar-refractivity contribution in [1.29, 1.82) is 0 Å². The zero-order chi connectivity index (χ0) is 17.8. The zero-order valence-electron chi connectivity index (χ0n) is 13.9. The lowest BCUT2D eigenvalue weighted by Gasteiger charge is -2.06. The third kappa shape index (κ3) is 4.41. The van der Waals surface area contributed by atoms with Gasteiger partial charge in [-0.3, -0.25) is 4.79 Å². The van der Waals surface area contributed by atoms with Crippen LogP contribution < -0.4 is 5.32 Å². The van der Waals surface area contributed by atoms with E-state index in [-0.39, 0.29) is 11.7 Å². The summed E-state index contributed by atoms with van der Waals surface area (Å²) in [5, 5.41) is 12.6. The average Bonchev–Trinajstić information content (AvgIpc) is 2.94. The van der Waals surface area contributed by atoms with Crippen LogP contribution in [0.2, 0.25) is 5.02 Å². The van der Waals surface area contributed by atoms with Gasteiger partial charge in [-0.1, -0.05) is 35.5 Å². The number of carbonyl (C=O) groups is 1. The summed E-state index contributed by atoms with van der Waals surface area (Å²) in [5.74, 6) is 0.922. The minimum Gasteiger partial charge on any atom is -0.325 e. The topological polar surface area (TPSA) is 59.8 Å². The van der Waals surface area contributed by atoms with Gasteiger partial charge in [-0.15, -0.1) is 10.2 Å². The van der Waals surface area contributed by atoms with Gasteiger partial charge in [0.15, 0.2) is 11.0 Å². The summed E-state index contributed by atoms with van der Waals surface area (Å²) in [7, 11) is 1.88. The van der Waals surface area contributed by atoms with E-state index in [1.807, 2.05) is 67.1 Å². The molecule has 0 radical (unpaired) electrons. The van der Waals surface area contributed by atoms with Crippen molar-refractivity contribution in [3.63, 3.8) is 0 Å². The summed E-state index contributed by atoms with van der Waals surface area (Å²) in [4.78, 5) is 12.1. The molecule has 0 atom stereocenters. The van der Waals surface area contributed by atoms with Crippen LogP contribution in [0.25, 0.3) is 11.4 Å². The highest BCUT2D eigenvalue weighted by Gasteiger charge is 2.13.